The van der Waals surface area contributed by atoms with E-state index < -0.39 is 0 Å². The summed E-state index contributed by atoms with van der Waals surface area (Å²) in [6.07, 6.45) is 10.4. The lowest BCUT2D eigenvalue weighted by Gasteiger charge is -2.27. The molecule has 0 saturated heterocycles. The Kier molecular flexibility index (Phi) is 9.29. The number of carbonyl (C=O) groups excluding carboxylic acids is 1. The van der Waals surface area contributed by atoms with Crippen LogP contribution < -0.4 is 0 Å². The summed E-state index contributed by atoms with van der Waals surface area (Å²) in [5.74, 6) is 0.196. The lowest BCUT2D eigenvalue weighted by molar-refractivity contribution is -0.140. The first-order valence-electron chi connectivity index (χ1n) is 7.50. The van der Waals surface area contributed by atoms with E-state index in [2.05, 4.69) is 63.6 Å². The van der Waals surface area contributed by atoms with E-state index in [1.54, 1.807) is 0 Å². The van der Waals surface area contributed by atoms with E-state index >= 15 is 0 Å². The largest absolute Gasteiger partial charge is 0.461 e. The maximum atomic E-state index is 10.8. The maximum Gasteiger partial charge on any atom is 0.302 e. The Labute approximate surface area is 150 Å². The minimum absolute atomic E-state index is 0.139. The van der Waals surface area contributed by atoms with Gasteiger partial charge in [-0.05, 0) is 69.0 Å². The van der Waals surface area contributed by atoms with E-state index in [-0.39, 0.29) is 18.2 Å². The molecule has 0 amide bonds. The van der Waals surface area contributed by atoms with E-state index in [4.69, 9.17) is 9.47 Å². The van der Waals surface area contributed by atoms with Gasteiger partial charge in [-0.3, -0.25) is 4.79 Å². The highest BCUT2D eigenvalue weighted by Crippen LogP contribution is 2.25. The van der Waals surface area contributed by atoms with Crippen LogP contribution in [0.1, 0.15) is 39.5 Å². The van der Waals surface area contributed by atoms with Crippen LogP contribution in [-0.4, -0.2) is 24.8 Å². The van der Waals surface area contributed by atoms with E-state index in [0.29, 0.717) is 12.5 Å². The smallest absolute Gasteiger partial charge is 0.302 e. The van der Waals surface area contributed by atoms with Crippen molar-refractivity contribution in [1.82, 2.24) is 0 Å². The number of hydrogen-bond donors (Lipinski definition) is 0. The molecule has 0 N–H and O–H groups in total. The SMILES string of the molecule is C=C(COC(C)=O)C[C@H](C)C[C@@H]1CC=C[C@@H](CC=C(Br)Br)O1. The third-order valence-corrected chi connectivity index (χ3v) is 4.05. The Balaban J connectivity index is 2.33. The lowest BCUT2D eigenvalue weighted by Crippen LogP contribution is -2.25. The molecule has 5 heteroatoms. The normalized spacial score (nSPS) is 22.0. The van der Waals surface area contributed by atoms with Crippen LogP contribution in [0.2, 0.25) is 0 Å². The third kappa shape index (κ3) is 8.91. The second kappa shape index (κ2) is 10.4. The van der Waals surface area contributed by atoms with Crippen LogP contribution >= 0.6 is 31.9 Å². The molecule has 0 aromatic rings. The summed E-state index contributed by atoms with van der Waals surface area (Å²) in [6, 6.07) is 0. The van der Waals surface area contributed by atoms with Gasteiger partial charge >= 0.3 is 5.97 Å². The standard InChI is InChI=1S/C17H24Br2O3/c1-12(9-13(2)11-21-14(3)20)10-16-6-4-5-15(22-16)7-8-17(18)19/h4-5,8,12,15-16H,2,6-7,9-11H2,1,3H3/t12-,15-,16-/m0/s1. The predicted octanol–water partition coefficient (Wildman–Crippen LogP) is 5.26. The van der Waals surface area contributed by atoms with Crippen molar-refractivity contribution in [1.29, 1.82) is 0 Å². The van der Waals surface area contributed by atoms with Gasteiger partial charge in [0.2, 0.25) is 0 Å². The number of halogens is 2. The second-order valence-corrected chi connectivity index (χ2v) is 8.54. The highest BCUT2D eigenvalue weighted by molar-refractivity contribution is 9.28. The zero-order chi connectivity index (χ0) is 16.5. The number of rotatable bonds is 8. The first kappa shape index (κ1) is 19.7. The molecule has 0 unspecified atom stereocenters. The van der Waals surface area contributed by atoms with E-state index in [1.165, 1.54) is 6.92 Å². The van der Waals surface area contributed by atoms with E-state index in [9.17, 15) is 4.79 Å². The summed E-state index contributed by atoms with van der Waals surface area (Å²) in [7, 11) is 0. The van der Waals surface area contributed by atoms with Gasteiger partial charge in [-0.2, -0.15) is 0 Å². The average Bonchev–Trinajstić information content (AvgIpc) is 2.43. The molecule has 1 rings (SSSR count). The van der Waals surface area contributed by atoms with Crippen LogP contribution in [0.25, 0.3) is 0 Å². The molecule has 22 heavy (non-hydrogen) atoms. The number of esters is 1. The number of hydrogen-bond acceptors (Lipinski definition) is 3. The highest BCUT2D eigenvalue weighted by Gasteiger charge is 2.20. The number of ether oxygens (including phenoxy) is 2. The highest BCUT2D eigenvalue weighted by atomic mass is 79.9. The quantitative estimate of drug-likeness (QED) is 0.385. The zero-order valence-corrected chi connectivity index (χ0v) is 16.4. The van der Waals surface area contributed by atoms with Crippen molar-refractivity contribution in [3.63, 3.8) is 0 Å². The fourth-order valence-electron chi connectivity index (χ4n) is 2.51. The van der Waals surface area contributed by atoms with Gasteiger partial charge < -0.3 is 9.47 Å². The molecular formula is C17H24Br2O3. The molecule has 0 fully saturated rings. The molecule has 0 aliphatic carbocycles. The number of carbonyl (C=O) groups is 1. The molecule has 0 saturated carbocycles. The first-order chi connectivity index (χ1) is 10.4. The van der Waals surface area contributed by atoms with Crippen LogP contribution in [0, 0.1) is 5.92 Å². The Morgan fingerprint density at radius 3 is 2.91 bits per heavy atom. The Hall–Kier alpha value is -0.390. The van der Waals surface area contributed by atoms with Crippen LogP contribution in [-0.2, 0) is 14.3 Å². The first-order valence-corrected chi connectivity index (χ1v) is 9.08. The molecule has 0 spiro atoms. The summed E-state index contributed by atoms with van der Waals surface area (Å²) >= 11 is 6.72. The van der Waals surface area contributed by atoms with Gasteiger partial charge in [0.05, 0.1) is 15.6 Å². The molecule has 1 heterocycles. The van der Waals surface area contributed by atoms with Crippen LogP contribution in [0.4, 0.5) is 0 Å². The lowest BCUT2D eigenvalue weighted by atomic mass is 9.94. The molecule has 3 atom stereocenters. The zero-order valence-electron chi connectivity index (χ0n) is 13.2. The summed E-state index contributed by atoms with van der Waals surface area (Å²) in [4.78, 5) is 10.8. The van der Waals surface area contributed by atoms with Gasteiger partial charge in [0.1, 0.15) is 6.61 Å². The molecule has 1 aliphatic heterocycles. The molecular weight excluding hydrogens is 412 g/mol. The molecule has 0 aromatic heterocycles. The van der Waals surface area contributed by atoms with Crippen molar-refractivity contribution in [3.05, 3.63) is 33.8 Å². The second-order valence-electron chi connectivity index (χ2n) is 5.77. The summed E-state index contributed by atoms with van der Waals surface area (Å²) < 4.78 is 12.0. The van der Waals surface area contributed by atoms with Gasteiger partial charge in [-0.1, -0.05) is 31.7 Å². The maximum absolute atomic E-state index is 10.8. The molecule has 0 bridgehead atoms. The molecule has 124 valence electrons. The Bertz CT molecular complexity index is 439. The van der Waals surface area contributed by atoms with Crippen molar-refractivity contribution in [2.45, 2.75) is 51.7 Å². The van der Waals surface area contributed by atoms with Crippen molar-refractivity contribution < 1.29 is 14.3 Å². The van der Waals surface area contributed by atoms with Crippen molar-refractivity contribution in [2.75, 3.05) is 6.61 Å². The van der Waals surface area contributed by atoms with E-state index in [0.717, 1.165) is 34.6 Å². The Morgan fingerprint density at radius 1 is 1.55 bits per heavy atom. The predicted molar refractivity (Wildman–Crippen MR) is 97.1 cm³/mol. The topological polar surface area (TPSA) is 35.5 Å². The van der Waals surface area contributed by atoms with Gasteiger partial charge in [0.15, 0.2) is 0 Å². The molecule has 1 aliphatic rings. The average molecular weight is 436 g/mol. The van der Waals surface area contributed by atoms with Crippen LogP contribution in [0.3, 0.4) is 0 Å². The molecule has 3 nitrogen and oxygen atoms in total. The minimum Gasteiger partial charge on any atom is -0.461 e. The summed E-state index contributed by atoms with van der Waals surface area (Å²) in [5, 5.41) is 0. The van der Waals surface area contributed by atoms with Gasteiger partial charge in [-0.15, -0.1) is 0 Å². The third-order valence-electron chi connectivity index (χ3n) is 3.40. The van der Waals surface area contributed by atoms with Gasteiger partial charge in [0, 0.05) is 6.92 Å². The summed E-state index contributed by atoms with van der Waals surface area (Å²) in [6.45, 7) is 7.89. The van der Waals surface area contributed by atoms with Crippen LogP contribution in [0.15, 0.2) is 33.8 Å². The van der Waals surface area contributed by atoms with Crippen molar-refractivity contribution in [3.8, 4) is 0 Å². The summed E-state index contributed by atoms with van der Waals surface area (Å²) in [5.41, 5.74) is 0.955. The molecule has 0 radical (unpaired) electrons. The fraction of sp³-hybridized carbons (Fsp3) is 0.588. The monoisotopic (exact) mass is 434 g/mol. The van der Waals surface area contributed by atoms with E-state index in [1.807, 2.05) is 0 Å². The van der Waals surface area contributed by atoms with Crippen molar-refractivity contribution in [2.24, 2.45) is 5.92 Å². The van der Waals surface area contributed by atoms with Crippen molar-refractivity contribution >= 4 is 37.8 Å². The molecule has 0 aromatic carbocycles. The van der Waals surface area contributed by atoms with Gasteiger partial charge in [0.25, 0.3) is 0 Å². The fourth-order valence-corrected chi connectivity index (χ4v) is 2.88. The van der Waals surface area contributed by atoms with Crippen LogP contribution in [0.5, 0.6) is 0 Å². The minimum atomic E-state index is -0.261. The Morgan fingerprint density at radius 2 is 2.27 bits per heavy atom. The van der Waals surface area contributed by atoms with Gasteiger partial charge in [-0.25, -0.2) is 0 Å².